The molecule has 0 radical (unpaired) electrons. The highest BCUT2D eigenvalue weighted by Gasteiger charge is 2.14. The topological polar surface area (TPSA) is 43.8 Å². The molecule has 2 aromatic rings. The molecule has 90 valence electrons. The highest BCUT2D eigenvalue weighted by Crippen LogP contribution is 2.25. The Morgan fingerprint density at radius 2 is 2.24 bits per heavy atom. The summed E-state index contributed by atoms with van der Waals surface area (Å²) in [5.41, 5.74) is 9.79. The lowest BCUT2D eigenvalue weighted by Crippen LogP contribution is -2.13. The quantitative estimate of drug-likeness (QED) is 0.873. The molecule has 4 heteroatoms. The second kappa shape index (κ2) is 5.18. The second-order valence-electron chi connectivity index (χ2n) is 4.09. The van der Waals surface area contributed by atoms with E-state index in [9.17, 15) is 0 Å². The van der Waals surface area contributed by atoms with Crippen LogP contribution in [0, 0.1) is 10.5 Å². The van der Waals surface area contributed by atoms with Crippen LogP contribution in [0.3, 0.4) is 0 Å². The van der Waals surface area contributed by atoms with Crippen LogP contribution in [0.1, 0.15) is 29.7 Å². The van der Waals surface area contributed by atoms with Crippen LogP contribution in [0.15, 0.2) is 30.6 Å². The first-order valence-electron chi connectivity index (χ1n) is 5.66. The lowest BCUT2D eigenvalue weighted by Gasteiger charge is -2.13. The minimum atomic E-state index is -0.0953. The van der Waals surface area contributed by atoms with Crippen LogP contribution in [-0.4, -0.2) is 9.78 Å². The molecular weight excluding hydrogens is 325 g/mol. The number of aryl methyl sites for hydroxylation is 2. The summed E-state index contributed by atoms with van der Waals surface area (Å²) in [5.74, 6) is 0. The fourth-order valence-corrected chi connectivity index (χ4v) is 2.50. The van der Waals surface area contributed by atoms with E-state index in [1.54, 1.807) is 0 Å². The van der Waals surface area contributed by atoms with Crippen molar-refractivity contribution in [2.45, 2.75) is 26.4 Å². The molecule has 0 fully saturated rings. The van der Waals surface area contributed by atoms with Gasteiger partial charge >= 0.3 is 0 Å². The van der Waals surface area contributed by atoms with Gasteiger partial charge in [-0.2, -0.15) is 5.10 Å². The van der Waals surface area contributed by atoms with Gasteiger partial charge in [-0.1, -0.05) is 18.2 Å². The molecule has 0 amide bonds. The standard InChI is InChI=1S/C13H16IN3/c1-3-17-8-10(7-16-17)13(15)11-6-4-5-9(2)12(11)14/h4-8,13H,3,15H2,1-2H3. The van der Waals surface area contributed by atoms with Crippen molar-refractivity contribution in [3.8, 4) is 0 Å². The van der Waals surface area contributed by atoms with Crippen LogP contribution in [0.25, 0.3) is 0 Å². The Morgan fingerprint density at radius 3 is 2.88 bits per heavy atom. The SMILES string of the molecule is CCn1cc(C(N)c2cccc(C)c2I)cn1. The summed E-state index contributed by atoms with van der Waals surface area (Å²) in [6.07, 6.45) is 3.87. The lowest BCUT2D eigenvalue weighted by atomic mass is 10.0. The third-order valence-electron chi connectivity index (χ3n) is 2.89. The summed E-state index contributed by atoms with van der Waals surface area (Å²) < 4.78 is 3.14. The third-order valence-corrected chi connectivity index (χ3v) is 4.37. The summed E-state index contributed by atoms with van der Waals surface area (Å²) >= 11 is 2.36. The Hall–Kier alpha value is -0.880. The van der Waals surface area contributed by atoms with Gasteiger partial charge in [-0.3, -0.25) is 4.68 Å². The van der Waals surface area contributed by atoms with Gasteiger partial charge in [-0.25, -0.2) is 0 Å². The maximum Gasteiger partial charge on any atom is 0.0593 e. The monoisotopic (exact) mass is 341 g/mol. The highest BCUT2D eigenvalue weighted by atomic mass is 127. The number of rotatable bonds is 3. The van der Waals surface area contributed by atoms with Crippen molar-refractivity contribution in [1.82, 2.24) is 9.78 Å². The van der Waals surface area contributed by atoms with E-state index >= 15 is 0 Å². The first-order chi connectivity index (χ1) is 8.13. The zero-order valence-corrected chi connectivity index (χ0v) is 12.2. The van der Waals surface area contributed by atoms with Gasteiger partial charge in [0.1, 0.15) is 0 Å². The van der Waals surface area contributed by atoms with E-state index in [1.165, 1.54) is 14.7 Å². The molecule has 1 heterocycles. The Bertz CT molecular complexity index is 519. The molecule has 0 aliphatic carbocycles. The minimum Gasteiger partial charge on any atom is -0.320 e. The molecule has 0 aliphatic heterocycles. The van der Waals surface area contributed by atoms with Crippen LogP contribution >= 0.6 is 22.6 Å². The Kier molecular flexibility index (Phi) is 3.83. The zero-order valence-electron chi connectivity index (χ0n) is 10.0. The van der Waals surface area contributed by atoms with Crippen molar-refractivity contribution >= 4 is 22.6 Å². The minimum absolute atomic E-state index is 0.0953. The molecule has 0 spiro atoms. The molecular formula is C13H16IN3. The fourth-order valence-electron chi connectivity index (χ4n) is 1.80. The first kappa shape index (κ1) is 12.6. The van der Waals surface area contributed by atoms with E-state index in [4.69, 9.17) is 5.73 Å². The Morgan fingerprint density at radius 1 is 1.47 bits per heavy atom. The Balaban J connectivity index is 2.36. The number of nitrogens with zero attached hydrogens (tertiary/aromatic N) is 2. The predicted molar refractivity (Wildman–Crippen MR) is 77.8 cm³/mol. The van der Waals surface area contributed by atoms with Crippen LogP contribution in [0.5, 0.6) is 0 Å². The van der Waals surface area contributed by atoms with Gasteiger partial charge < -0.3 is 5.73 Å². The molecule has 1 aromatic carbocycles. The van der Waals surface area contributed by atoms with Crippen molar-refractivity contribution in [1.29, 1.82) is 0 Å². The number of hydrogen-bond acceptors (Lipinski definition) is 2. The van der Waals surface area contributed by atoms with Crippen molar-refractivity contribution in [3.05, 3.63) is 50.9 Å². The van der Waals surface area contributed by atoms with Gasteiger partial charge in [-0.15, -0.1) is 0 Å². The summed E-state index contributed by atoms with van der Waals surface area (Å²) in [4.78, 5) is 0. The number of aromatic nitrogens is 2. The third kappa shape index (κ3) is 2.52. The van der Waals surface area contributed by atoms with E-state index in [2.05, 4.69) is 59.7 Å². The van der Waals surface area contributed by atoms with Crippen LogP contribution in [-0.2, 0) is 6.54 Å². The fraction of sp³-hybridized carbons (Fsp3) is 0.308. The van der Waals surface area contributed by atoms with Gasteiger partial charge in [0.2, 0.25) is 0 Å². The van der Waals surface area contributed by atoms with Gasteiger partial charge in [0, 0.05) is 21.9 Å². The van der Waals surface area contributed by atoms with E-state index in [0.29, 0.717) is 0 Å². The van der Waals surface area contributed by atoms with Crippen LogP contribution < -0.4 is 5.73 Å². The van der Waals surface area contributed by atoms with Gasteiger partial charge in [0.05, 0.1) is 12.2 Å². The van der Waals surface area contributed by atoms with Crippen molar-refractivity contribution in [3.63, 3.8) is 0 Å². The molecule has 0 aliphatic rings. The maximum absolute atomic E-state index is 6.30. The van der Waals surface area contributed by atoms with E-state index in [0.717, 1.165) is 12.1 Å². The van der Waals surface area contributed by atoms with Gasteiger partial charge in [0.25, 0.3) is 0 Å². The van der Waals surface area contributed by atoms with E-state index in [1.807, 2.05) is 17.1 Å². The largest absolute Gasteiger partial charge is 0.320 e. The maximum atomic E-state index is 6.30. The number of benzene rings is 1. The molecule has 2 N–H and O–H groups in total. The number of hydrogen-bond donors (Lipinski definition) is 1. The number of nitrogens with two attached hydrogens (primary N) is 1. The molecule has 0 saturated carbocycles. The van der Waals surface area contributed by atoms with Crippen LogP contribution in [0.2, 0.25) is 0 Å². The van der Waals surface area contributed by atoms with Crippen LogP contribution in [0.4, 0.5) is 0 Å². The average molecular weight is 341 g/mol. The van der Waals surface area contributed by atoms with Gasteiger partial charge in [0.15, 0.2) is 0 Å². The molecule has 17 heavy (non-hydrogen) atoms. The molecule has 3 nitrogen and oxygen atoms in total. The molecule has 0 saturated heterocycles. The molecule has 1 aromatic heterocycles. The summed E-state index contributed by atoms with van der Waals surface area (Å²) in [5, 5.41) is 4.27. The Labute approximate surface area is 115 Å². The van der Waals surface area contributed by atoms with Crippen molar-refractivity contribution in [2.75, 3.05) is 0 Å². The molecule has 0 bridgehead atoms. The normalized spacial score (nSPS) is 12.7. The molecule has 1 atom stereocenters. The van der Waals surface area contributed by atoms with E-state index < -0.39 is 0 Å². The second-order valence-corrected chi connectivity index (χ2v) is 5.16. The van der Waals surface area contributed by atoms with Crippen molar-refractivity contribution < 1.29 is 0 Å². The summed E-state index contributed by atoms with van der Waals surface area (Å²) in [7, 11) is 0. The average Bonchev–Trinajstić information content (AvgIpc) is 2.80. The summed E-state index contributed by atoms with van der Waals surface area (Å²) in [6, 6.07) is 6.15. The predicted octanol–water partition coefficient (Wildman–Crippen LogP) is 2.86. The lowest BCUT2D eigenvalue weighted by molar-refractivity contribution is 0.658. The molecule has 2 rings (SSSR count). The zero-order chi connectivity index (χ0) is 12.4. The van der Waals surface area contributed by atoms with Gasteiger partial charge in [-0.05, 0) is 47.6 Å². The van der Waals surface area contributed by atoms with E-state index in [-0.39, 0.29) is 6.04 Å². The smallest absolute Gasteiger partial charge is 0.0593 e. The van der Waals surface area contributed by atoms with Crippen molar-refractivity contribution in [2.24, 2.45) is 5.73 Å². The summed E-state index contributed by atoms with van der Waals surface area (Å²) in [6.45, 7) is 5.05. The first-order valence-corrected chi connectivity index (χ1v) is 6.74. The highest BCUT2D eigenvalue weighted by molar-refractivity contribution is 14.1. The molecule has 1 unspecified atom stereocenters. The number of halogens is 1.